The van der Waals surface area contributed by atoms with Gasteiger partial charge in [-0.15, -0.1) is 11.8 Å². The Labute approximate surface area is 124 Å². The molecule has 0 heterocycles. The molecule has 0 aromatic heterocycles. The van der Waals surface area contributed by atoms with E-state index in [1.165, 1.54) is 6.07 Å². The number of aliphatic carboxylic acids is 1. The molecule has 0 unspecified atom stereocenters. The summed E-state index contributed by atoms with van der Waals surface area (Å²) in [4.78, 5) is 22.5. The van der Waals surface area contributed by atoms with Crippen LogP contribution in [0.25, 0.3) is 0 Å². The van der Waals surface area contributed by atoms with Gasteiger partial charge in [0.25, 0.3) is 0 Å². The Balaban J connectivity index is 2.58. The first kappa shape index (κ1) is 17.4. The van der Waals surface area contributed by atoms with Gasteiger partial charge in [-0.2, -0.15) is 0 Å². The lowest BCUT2D eigenvalue weighted by Gasteiger charge is -2.27. The monoisotopic (exact) mass is 318 g/mol. The van der Waals surface area contributed by atoms with Gasteiger partial charge in [-0.05, 0) is 26.0 Å². The van der Waals surface area contributed by atoms with Crippen molar-refractivity contribution in [3.05, 3.63) is 29.8 Å². The van der Waals surface area contributed by atoms with E-state index in [0.29, 0.717) is 0 Å². The van der Waals surface area contributed by atoms with Crippen LogP contribution >= 0.6 is 11.8 Å². The van der Waals surface area contributed by atoms with Gasteiger partial charge < -0.3 is 16.2 Å². The van der Waals surface area contributed by atoms with E-state index in [-0.39, 0.29) is 11.4 Å². The summed E-state index contributed by atoms with van der Waals surface area (Å²) in [6.07, 6.45) is 0. The average molecular weight is 318 g/mol. The van der Waals surface area contributed by atoms with Crippen LogP contribution in [0.3, 0.4) is 0 Å². The average Bonchev–Trinajstić information content (AvgIpc) is 2.40. The zero-order valence-electron chi connectivity index (χ0n) is 11.5. The van der Waals surface area contributed by atoms with Gasteiger partial charge in [0.2, 0.25) is 5.91 Å². The maximum atomic E-state index is 13.0. The van der Waals surface area contributed by atoms with Crippen molar-refractivity contribution in [3.8, 4) is 0 Å². The summed E-state index contributed by atoms with van der Waals surface area (Å²) in [7, 11) is 0. The fourth-order valence-corrected chi connectivity index (χ4v) is 2.27. The van der Waals surface area contributed by atoms with Gasteiger partial charge in [-0.3, -0.25) is 9.59 Å². The number of nitrogens with two attached hydrogens (primary N) is 1. The number of carboxylic acid groups (broad SMARTS) is 1. The molecule has 0 aliphatic carbocycles. The molecule has 1 amide bonds. The summed E-state index contributed by atoms with van der Waals surface area (Å²) in [6, 6.07) is 1.88. The van der Waals surface area contributed by atoms with E-state index < -0.39 is 34.3 Å². The number of hydrogen-bond donors (Lipinski definition) is 3. The Kier molecular flexibility index (Phi) is 5.68. The molecule has 0 aliphatic heterocycles. The van der Waals surface area contributed by atoms with E-state index >= 15 is 0 Å². The molecule has 1 aromatic rings. The Morgan fingerprint density at radius 1 is 1.38 bits per heavy atom. The fourth-order valence-electron chi connectivity index (χ4n) is 1.41. The van der Waals surface area contributed by atoms with Crippen molar-refractivity contribution in [1.82, 2.24) is 0 Å². The highest BCUT2D eigenvalue weighted by Gasteiger charge is 2.33. The van der Waals surface area contributed by atoms with Gasteiger partial charge in [0.05, 0.1) is 5.75 Å². The van der Waals surface area contributed by atoms with Crippen molar-refractivity contribution in [3.63, 3.8) is 0 Å². The maximum absolute atomic E-state index is 13.0. The van der Waals surface area contributed by atoms with Crippen molar-refractivity contribution >= 4 is 29.3 Å². The quantitative estimate of drug-likeness (QED) is 0.744. The minimum atomic E-state index is -1.16. The van der Waals surface area contributed by atoms with Crippen molar-refractivity contribution in [1.29, 1.82) is 0 Å². The van der Waals surface area contributed by atoms with E-state index in [9.17, 15) is 18.4 Å². The lowest BCUT2D eigenvalue weighted by molar-refractivity contribution is -0.139. The molecule has 0 bridgehead atoms. The van der Waals surface area contributed by atoms with Gasteiger partial charge in [-0.1, -0.05) is 0 Å². The molecule has 0 saturated carbocycles. The minimum Gasteiger partial charge on any atom is -0.480 e. The van der Waals surface area contributed by atoms with E-state index in [1.807, 2.05) is 0 Å². The molecule has 0 fully saturated rings. The van der Waals surface area contributed by atoms with Crippen LogP contribution in [0.2, 0.25) is 0 Å². The fraction of sp³-hybridized carbons (Fsp3) is 0.385. The molecule has 8 heteroatoms. The number of carbonyl (C=O) groups excluding carboxylic acids is 1. The lowest BCUT2D eigenvalue weighted by atomic mass is 10.1. The maximum Gasteiger partial charge on any atom is 0.321 e. The molecule has 4 N–H and O–H groups in total. The van der Waals surface area contributed by atoms with Crippen LogP contribution in [-0.2, 0) is 9.59 Å². The highest BCUT2D eigenvalue weighted by Crippen LogP contribution is 2.27. The van der Waals surface area contributed by atoms with Crippen LogP contribution < -0.4 is 11.1 Å². The van der Waals surface area contributed by atoms with Crippen LogP contribution in [0.5, 0.6) is 0 Å². The van der Waals surface area contributed by atoms with Crippen molar-refractivity contribution in [2.24, 2.45) is 5.73 Å². The number of benzene rings is 1. The molecule has 116 valence electrons. The first-order valence-electron chi connectivity index (χ1n) is 6.00. The van der Waals surface area contributed by atoms with Gasteiger partial charge in [0.15, 0.2) is 11.6 Å². The van der Waals surface area contributed by atoms with E-state index in [1.54, 1.807) is 13.8 Å². The largest absolute Gasteiger partial charge is 0.480 e. The molecule has 1 rings (SSSR count). The summed E-state index contributed by atoms with van der Waals surface area (Å²) < 4.78 is 24.9. The molecule has 1 atom stereocenters. The molecular weight excluding hydrogens is 302 g/mol. The Morgan fingerprint density at radius 2 is 2.00 bits per heavy atom. The van der Waals surface area contributed by atoms with Crippen LogP contribution in [-0.4, -0.2) is 33.5 Å². The third kappa shape index (κ3) is 4.98. The van der Waals surface area contributed by atoms with E-state index in [4.69, 9.17) is 10.8 Å². The highest BCUT2D eigenvalue weighted by molar-refractivity contribution is 8.01. The molecule has 0 saturated heterocycles. The topological polar surface area (TPSA) is 92.4 Å². The number of nitrogens with one attached hydrogen (secondary N) is 1. The normalized spacial score (nSPS) is 12.8. The molecular formula is C13H16F2N2O3S. The molecule has 0 spiro atoms. The second kappa shape index (κ2) is 6.86. The smallest absolute Gasteiger partial charge is 0.321 e. The molecule has 1 aromatic carbocycles. The molecule has 0 aliphatic rings. The number of amides is 1. The number of carbonyl (C=O) groups is 2. The van der Waals surface area contributed by atoms with E-state index in [2.05, 4.69) is 5.32 Å². The van der Waals surface area contributed by atoms with Crippen LogP contribution in [0.15, 0.2) is 18.2 Å². The minimum absolute atomic E-state index is 0.0625. The third-order valence-electron chi connectivity index (χ3n) is 2.79. The van der Waals surface area contributed by atoms with Crippen molar-refractivity contribution in [2.45, 2.75) is 24.6 Å². The predicted molar refractivity (Wildman–Crippen MR) is 77.1 cm³/mol. The van der Waals surface area contributed by atoms with Gasteiger partial charge in [0.1, 0.15) is 6.04 Å². The number of anilines is 1. The first-order valence-corrected chi connectivity index (χ1v) is 6.99. The zero-order chi connectivity index (χ0) is 16.2. The second-order valence-corrected chi connectivity index (χ2v) is 6.51. The molecule has 5 nitrogen and oxygen atoms in total. The van der Waals surface area contributed by atoms with Gasteiger partial charge in [0, 0.05) is 16.5 Å². The SMILES string of the molecule is CC(C)(SCC(=O)Nc1ccc(F)c(F)c1)[C@H](N)C(=O)O. The number of thioether (sulfide) groups is 1. The van der Waals surface area contributed by atoms with Gasteiger partial charge in [-0.25, -0.2) is 8.78 Å². The Hall–Kier alpha value is -1.67. The second-order valence-electron chi connectivity index (χ2n) is 4.89. The van der Waals surface area contributed by atoms with Crippen molar-refractivity contribution in [2.75, 3.05) is 11.1 Å². The molecule has 0 radical (unpaired) electrons. The zero-order valence-corrected chi connectivity index (χ0v) is 12.3. The summed E-state index contributed by atoms with van der Waals surface area (Å²) in [5, 5.41) is 11.3. The lowest BCUT2D eigenvalue weighted by Crippen LogP contribution is -2.47. The van der Waals surface area contributed by atoms with Crippen LogP contribution in [0.1, 0.15) is 13.8 Å². The number of halogens is 2. The summed E-state index contributed by atoms with van der Waals surface area (Å²) in [5.74, 6) is -3.75. The number of carboxylic acids is 1. The number of rotatable bonds is 6. The predicted octanol–water partition coefficient (Wildman–Crippen LogP) is 1.83. The summed E-state index contributed by atoms with van der Waals surface area (Å²) in [6.45, 7) is 3.22. The van der Waals surface area contributed by atoms with E-state index in [0.717, 1.165) is 23.9 Å². The first-order chi connectivity index (χ1) is 9.63. The number of hydrogen-bond acceptors (Lipinski definition) is 4. The standard InChI is InChI=1S/C13H16F2N2O3S/c1-13(2,11(16)12(19)20)21-6-10(18)17-7-3-4-8(14)9(15)5-7/h3-5,11H,6,16H2,1-2H3,(H,17,18)(H,19,20)/t11-/m1/s1. The summed E-state index contributed by atoms with van der Waals surface area (Å²) in [5.41, 5.74) is 5.65. The van der Waals surface area contributed by atoms with Crippen LogP contribution in [0, 0.1) is 11.6 Å². The Bertz CT molecular complexity index is 552. The highest BCUT2D eigenvalue weighted by atomic mass is 32.2. The van der Waals surface area contributed by atoms with Gasteiger partial charge >= 0.3 is 5.97 Å². The Morgan fingerprint density at radius 3 is 2.52 bits per heavy atom. The third-order valence-corrected chi connectivity index (χ3v) is 4.20. The summed E-state index contributed by atoms with van der Waals surface area (Å²) >= 11 is 1.06. The molecule has 21 heavy (non-hydrogen) atoms. The van der Waals surface area contributed by atoms with Crippen LogP contribution in [0.4, 0.5) is 14.5 Å². The van der Waals surface area contributed by atoms with Crippen molar-refractivity contribution < 1.29 is 23.5 Å².